The minimum Gasteiger partial charge on any atom is -0.475 e. The van der Waals surface area contributed by atoms with Crippen molar-refractivity contribution in [1.82, 2.24) is 19.9 Å². The maximum Gasteiger partial charge on any atom is 0.490 e. The van der Waals surface area contributed by atoms with Crippen molar-refractivity contribution in [2.24, 2.45) is 5.41 Å². The first-order chi connectivity index (χ1) is 15.3. The number of carboxylic acid groups (broad SMARTS) is 1. The number of ether oxygens (including phenoxy) is 1. The average Bonchev–Trinajstić information content (AvgIpc) is 2.96. The first kappa shape index (κ1) is 23.9. The van der Waals surface area contributed by atoms with Gasteiger partial charge in [0.1, 0.15) is 0 Å². The minimum atomic E-state index is -5.08. The molecular weight excluding hydrogens is 427 g/mol. The Kier molecular flexibility index (Phi) is 7.97. The van der Waals surface area contributed by atoms with Crippen LogP contribution in [-0.2, 0) is 16.1 Å². The number of anilines is 1. The average molecular weight is 453 g/mol. The number of aliphatic carboxylic acids is 1. The second kappa shape index (κ2) is 10.7. The van der Waals surface area contributed by atoms with Crippen molar-refractivity contribution in [3.8, 4) is 0 Å². The summed E-state index contributed by atoms with van der Waals surface area (Å²) < 4.78 is 37.7. The van der Waals surface area contributed by atoms with Gasteiger partial charge in [-0.3, -0.25) is 9.88 Å². The quantitative estimate of drug-likeness (QED) is 0.759. The molecule has 1 unspecified atom stereocenters. The van der Waals surface area contributed by atoms with E-state index in [1.807, 2.05) is 30.7 Å². The Hall–Kier alpha value is -2.79. The molecule has 174 valence electrons. The molecule has 32 heavy (non-hydrogen) atoms. The molecule has 11 heteroatoms. The molecule has 2 aromatic rings. The van der Waals surface area contributed by atoms with Crippen LogP contribution in [0.15, 0.2) is 42.9 Å². The summed E-state index contributed by atoms with van der Waals surface area (Å²) in [5, 5.41) is 7.12. The summed E-state index contributed by atoms with van der Waals surface area (Å²) in [5.41, 5.74) is 1.27. The van der Waals surface area contributed by atoms with Crippen LogP contribution < -0.4 is 4.90 Å². The zero-order valence-electron chi connectivity index (χ0n) is 17.5. The summed E-state index contributed by atoms with van der Waals surface area (Å²) in [6.07, 6.45) is 2.77. The molecule has 2 aromatic heterocycles. The van der Waals surface area contributed by atoms with Crippen molar-refractivity contribution in [2.45, 2.75) is 25.6 Å². The van der Waals surface area contributed by atoms with Crippen molar-refractivity contribution in [2.75, 3.05) is 44.3 Å². The minimum absolute atomic E-state index is 0.142. The summed E-state index contributed by atoms with van der Waals surface area (Å²) >= 11 is 0. The number of nitrogens with zero attached hydrogens (tertiary/aromatic N) is 5. The van der Waals surface area contributed by atoms with E-state index < -0.39 is 12.1 Å². The highest BCUT2D eigenvalue weighted by Gasteiger charge is 2.40. The van der Waals surface area contributed by atoms with E-state index in [0.717, 1.165) is 64.0 Å². The lowest BCUT2D eigenvalue weighted by atomic mass is 9.80. The van der Waals surface area contributed by atoms with Crippen LogP contribution in [0.25, 0.3) is 0 Å². The number of aromatic nitrogens is 3. The van der Waals surface area contributed by atoms with Gasteiger partial charge in [0.15, 0.2) is 0 Å². The zero-order chi connectivity index (χ0) is 23.0. The topological polar surface area (TPSA) is 91.7 Å². The SMILES string of the molecule is O=C(O)C(F)(F)F.c1ccc(CN2CCOCC3(CCCN(c4ncccn4)C3)C2)nc1. The number of pyridine rings is 1. The number of alkyl halides is 3. The van der Waals surface area contributed by atoms with Crippen LogP contribution in [0.1, 0.15) is 18.5 Å². The van der Waals surface area contributed by atoms with Gasteiger partial charge in [0.25, 0.3) is 0 Å². The van der Waals surface area contributed by atoms with Crippen LogP contribution in [0.2, 0.25) is 0 Å². The summed E-state index contributed by atoms with van der Waals surface area (Å²) in [4.78, 5) is 27.1. The van der Waals surface area contributed by atoms with Gasteiger partial charge in [-0.2, -0.15) is 13.2 Å². The zero-order valence-corrected chi connectivity index (χ0v) is 17.5. The first-order valence-corrected chi connectivity index (χ1v) is 10.3. The maximum absolute atomic E-state index is 10.6. The Labute approximate surface area is 184 Å². The molecule has 0 amide bonds. The van der Waals surface area contributed by atoms with E-state index in [0.29, 0.717) is 0 Å². The van der Waals surface area contributed by atoms with Gasteiger partial charge in [0.05, 0.1) is 18.9 Å². The number of carboxylic acids is 1. The van der Waals surface area contributed by atoms with Crippen LogP contribution in [-0.4, -0.2) is 76.5 Å². The first-order valence-electron chi connectivity index (χ1n) is 10.3. The van der Waals surface area contributed by atoms with Gasteiger partial charge < -0.3 is 14.7 Å². The monoisotopic (exact) mass is 453 g/mol. The third-order valence-corrected chi connectivity index (χ3v) is 5.37. The van der Waals surface area contributed by atoms with Gasteiger partial charge in [0.2, 0.25) is 5.95 Å². The lowest BCUT2D eigenvalue weighted by molar-refractivity contribution is -0.192. The van der Waals surface area contributed by atoms with Gasteiger partial charge in [-0.1, -0.05) is 6.07 Å². The van der Waals surface area contributed by atoms with Crippen LogP contribution in [0.3, 0.4) is 0 Å². The molecule has 4 rings (SSSR count). The van der Waals surface area contributed by atoms with Crippen LogP contribution in [0.4, 0.5) is 19.1 Å². The Balaban J connectivity index is 0.000000360. The third-order valence-electron chi connectivity index (χ3n) is 5.37. The van der Waals surface area contributed by atoms with E-state index in [1.54, 1.807) is 0 Å². The van der Waals surface area contributed by atoms with Crippen LogP contribution in [0.5, 0.6) is 0 Å². The van der Waals surface area contributed by atoms with Crippen molar-refractivity contribution >= 4 is 11.9 Å². The molecule has 0 saturated carbocycles. The molecule has 0 aromatic carbocycles. The molecule has 4 heterocycles. The van der Waals surface area contributed by atoms with Crippen LogP contribution in [0, 0.1) is 5.41 Å². The lowest BCUT2D eigenvalue weighted by Gasteiger charge is -2.43. The Morgan fingerprint density at radius 2 is 1.81 bits per heavy atom. The Morgan fingerprint density at radius 1 is 1.09 bits per heavy atom. The third kappa shape index (κ3) is 6.86. The number of halogens is 3. The summed E-state index contributed by atoms with van der Waals surface area (Å²) in [7, 11) is 0. The summed E-state index contributed by atoms with van der Waals surface area (Å²) in [5.74, 6) is -1.92. The maximum atomic E-state index is 10.6. The standard InChI is InChI=1S/C19H25N5O.C2HF3O2/c1-2-7-20-17(5-1)13-23-11-12-25-16-19(14-23)6-3-10-24(15-19)18-21-8-4-9-22-18;3-2(4,5)1(6)7/h1-2,4-5,7-9H,3,6,10-16H2;(H,6,7). The van der Waals surface area contributed by atoms with E-state index in [4.69, 9.17) is 14.6 Å². The number of hydrogen-bond donors (Lipinski definition) is 1. The predicted octanol–water partition coefficient (Wildman–Crippen LogP) is 2.62. The molecule has 2 aliphatic heterocycles. The highest BCUT2D eigenvalue weighted by atomic mass is 19.4. The molecule has 0 aliphatic carbocycles. The fourth-order valence-corrected chi connectivity index (χ4v) is 4.02. The van der Waals surface area contributed by atoms with E-state index >= 15 is 0 Å². The molecule has 1 spiro atoms. The number of rotatable bonds is 3. The molecule has 0 radical (unpaired) electrons. The molecule has 0 bridgehead atoms. The summed E-state index contributed by atoms with van der Waals surface area (Å²) in [6.45, 7) is 6.45. The summed E-state index contributed by atoms with van der Waals surface area (Å²) in [6, 6.07) is 7.99. The largest absolute Gasteiger partial charge is 0.490 e. The smallest absolute Gasteiger partial charge is 0.475 e. The molecule has 1 atom stereocenters. The Bertz CT molecular complexity index is 857. The number of piperidine rings is 1. The number of hydrogen-bond acceptors (Lipinski definition) is 7. The van der Waals surface area contributed by atoms with E-state index in [2.05, 4.69) is 36.9 Å². The van der Waals surface area contributed by atoms with E-state index in [1.165, 1.54) is 6.42 Å². The molecule has 2 saturated heterocycles. The van der Waals surface area contributed by atoms with Gasteiger partial charge in [-0.15, -0.1) is 0 Å². The van der Waals surface area contributed by atoms with Crippen LogP contribution >= 0.6 is 0 Å². The fourth-order valence-electron chi connectivity index (χ4n) is 4.02. The van der Waals surface area contributed by atoms with Crippen molar-refractivity contribution < 1.29 is 27.8 Å². The molecule has 8 nitrogen and oxygen atoms in total. The second-order valence-electron chi connectivity index (χ2n) is 7.96. The number of carbonyl (C=O) groups is 1. The van der Waals surface area contributed by atoms with Gasteiger partial charge in [-0.05, 0) is 31.0 Å². The van der Waals surface area contributed by atoms with Gasteiger partial charge in [0, 0.05) is 56.7 Å². The lowest BCUT2D eigenvalue weighted by Crippen LogP contribution is -2.51. The predicted molar refractivity (Wildman–Crippen MR) is 110 cm³/mol. The fraction of sp³-hybridized carbons (Fsp3) is 0.524. The van der Waals surface area contributed by atoms with Crippen molar-refractivity contribution in [1.29, 1.82) is 0 Å². The molecule has 2 fully saturated rings. The normalized spacial score (nSPS) is 22.0. The van der Waals surface area contributed by atoms with Crippen molar-refractivity contribution in [3.63, 3.8) is 0 Å². The Morgan fingerprint density at radius 3 is 2.47 bits per heavy atom. The molecule has 2 aliphatic rings. The highest BCUT2D eigenvalue weighted by molar-refractivity contribution is 5.73. The van der Waals surface area contributed by atoms with Gasteiger partial charge >= 0.3 is 12.1 Å². The molecule has 1 N–H and O–H groups in total. The highest BCUT2D eigenvalue weighted by Crippen LogP contribution is 2.34. The molecular formula is C21H26F3N5O3. The second-order valence-corrected chi connectivity index (χ2v) is 7.96. The van der Waals surface area contributed by atoms with Crippen molar-refractivity contribution in [3.05, 3.63) is 48.5 Å². The van der Waals surface area contributed by atoms with E-state index in [-0.39, 0.29) is 5.41 Å². The van der Waals surface area contributed by atoms with Gasteiger partial charge in [-0.25, -0.2) is 14.8 Å². The van der Waals surface area contributed by atoms with E-state index in [9.17, 15) is 13.2 Å².